The maximum absolute atomic E-state index is 13.7. The zero-order chi connectivity index (χ0) is 25.6. The van der Waals surface area contributed by atoms with E-state index in [4.69, 9.17) is 32.7 Å². The molecule has 12 heteroatoms. The molecule has 0 spiro atoms. The monoisotopic (exact) mass is 566 g/mol. The molecule has 0 aliphatic carbocycles. The van der Waals surface area contributed by atoms with Crippen molar-refractivity contribution in [2.24, 2.45) is 0 Å². The SMILES string of the molecule is CS(=O)(=O)C1CCOc2cc3sc(C(=O)Nc4cc(Cl)nc(Oc5ccc(Cl)c(F)c5)c4)cc3cc21. The lowest BCUT2D eigenvalue weighted by Crippen LogP contribution is -2.20. The standard InChI is InChI=1S/C24H17Cl2FN2O5S2/c1-36(31,32)21-4-5-33-18-11-19-12(6-15(18)21)7-20(35-19)24(30)28-13-8-22(26)29-23(9-13)34-14-2-3-16(25)17(27)10-14/h2-3,6-11,21H,4-5H2,1H3,(H,28,29,30). The van der Waals surface area contributed by atoms with Crippen molar-refractivity contribution in [3.05, 3.63) is 75.0 Å². The first-order chi connectivity index (χ1) is 17.1. The van der Waals surface area contributed by atoms with Gasteiger partial charge in [-0.25, -0.2) is 17.8 Å². The topological polar surface area (TPSA) is 94.6 Å². The first-order valence-corrected chi connectivity index (χ1v) is 14.1. The number of nitrogens with zero attached hydrogens (tertiary/aromatic N) is 1. The quantitative estimate of drug-likeness (QED) is 0.271. The number of hydrogen-bond donors (Lipinski definition) is 1. The van der Waals surface area contributed by atoms with E-state index < -0.39 is 26.8 Å². The fourth-order valence-corrected chi connectivity index (χ4v) is 6.36. The second-order valence-corrected chi connectivity index (χ2v) is 12.2. The number of nitrogens with one attached hydrogen (secondary N) is 1. The lowest BCUT2D eigenvalue weighted by Gasteiger charge is -2.24. The number of halogens is 3. The van der Waals surface area contributed by atoms with Crippen molar-refractivity contribution in [2.75, 3.05) is 18.2 Å². The Balaban J connectivity index is 1.40. The molecule has 3 heterocycles. The van der Waals surface area contributed by atoms with Crippen LogP contribution in [0.3, 0.4) is 0 Å². The molecule has 1 aliphatic heterocycles. The zero-order valence-corrected chi connectivity index (χ0v) is 21.7. The van der Waals surface area contributed by atoms with Crippen molar-refractivity contribution in [1.82, 2.24) is 4.98 Å². The molecule has 2 aromatic heterocycles. The number of ether oxygens (including phenoxy) is 2. The van der Waals surface area contributed by atoms with Crippen LogP contribution in [-0.2, 0) is 9.84 Å². The van der Waals surface area contributed by atoms with Crippen LogP contribution in [0.4, 0.5) is 10.1 Å². The van der Waals surface area contributed by atoms with Gasteiger partial charge in [-0.1, -0.05) is 23.2 Å². The summed E-state index contributed by atoms with van der Waals surface area (Å²) in [4.78, 5) is 17.4. The largest absolute Gasteiger partial charge is 0.493 e. The third kappa shape index (κ3) is 5.12. The van der Waals surface area contributed by atoms with E-state index in [-0.39, 0.29) is 21.8 Å². The van der Waals surface area contributed by atoms with Crippen LogP contribution in [-0.4, -0.2) is 32.2 Å². The molecule has 1 atom stereocenters. The van der Waals surface area contributed by atoms with E-state index in [9.17, 15) is 17.6 Å². The Morgan fingerprint density at radius 1 is 1.19 bits per heavy atom. The minimum Gasteiger partial charge on any atom is -0.493 e. The summed E-state index contributed by atoms with van der Waals surface area (Å²) in [7, 11) is -3.31. The molecule has 1 amide bonds. The molecule has 0 saturated carbocycles. The Morgan fingerprint density at radius 3 is 2.75 bits per heavy atom. The molecular formula is C24H17Cl2FN2O5S2. The van der Waals surface area contributed by atoms with Crippen LogP contribution in [0.2, 0.25) is 10.2 Å². The Kier molecular flexibility index (Phi) is 6.54. The van der Waals surface area contributed by atoms with Gasteiger partial charge < -0.3 is 14.8 Å². The van der Waals surface area contributed by atoms with Crippen LogP contribution >= 0.6 is 34.5 Å². The molecule has 5 rings (SSSR count). The minimum atomic E-state index is -3.31. The molecule has 0 fully saturated rings. The minimum absolute atomic E-state index is 0.0445. The summed E-state index contributed by atoms with van der Waals surface area (Å²) in [6.45, 7) is 0.310. The molecule has 36 heavy (non-hydrogen) atoms. The lowest BCUT2D eigenvalue weighted by molar-refractivity contribution is 0.103. The van der Waals surface area contributed by atoms with Gasteiger partial charge in [-0.15, -0.1) is 11.3 Å². The molecule has 7 nitrogen and oxygen atoms in total. The molecule has 186 valence electrons. The molecule has 4 aromatic rings. The summed E-state index contributed by atoms with van der Waals surface area (Å²) < 4.78 is 50.2. The summed E-state index contributed by atoms with van der Waals surface area (Å²) in [5, 5.41) is 2.87. The fourth-order valence-electron chi connectivity index (χ4n) is 3.90. The average molecular weight is 567 g/mol. The van der Waals surface area contributed by atoms with Gasteiger partial charge in [0.25, 0.3) is 5.91 Å². The Labute approximate surface area is 219 Å². The Bertz CT molecular complexity index is 1620. The normalized spacial score (nSPS) is 15.3. The van der Waals surface area contributed by atoms with Crippen molar-refractivity contribution in [1.29, 1.82) is 0 Å². The van der Waals surface area contributed by atoms with Crippen molar-refractivity contribution < 1.29 is 27.1 Å². The van der Waals surface area contributed by atoms with Gasteiger partial charge in [0.15, 0.2) is 9.84 Å². The highest BCUT2D eigenvalue weighted by molar-refractivity contribution is 7.90. The maximum atomic E-state index is 13.7. The first kappa shape index (κ1) is 24.8. The number of aromatic nitrogens is 1. The van der Waals surface area contributed by atoms with Crippen molar-refractivity contribution >= 4 is 66.1 Å². The van der Waals surface area contributed by atoms with Crippen molar-refractivity contribution in [3.8, 4) is 17.4 Å². The predicted molar refractivity (Wildman–Crippen MR) is 138 cm³/mol. The van der Waals surface area contributed by atoms with E-state index in [0.29, 0.717) is 34.9 Å². The van der Waals surface area contributed by atoms with Crippen molar-refractivity contribution in [3.63, 3.8) is 0 Å². The van der Waals surface area contributed by atoms with Gasteiger partial charge in [0.2, 0.25) is 5.88 Å². The summed E-state index contributed by atoms with van der Waals surface area (Å²) in [5.74, 6) is -0.330. The number of hydrogen-bond acceptors (Lipinski definition) is 7. The highest BCUT2D eigenvalue weighted by atomic mass is 35.5. The molecule has 0 saturated heterocycles. The van der Waals surface area contributed by atoms with Crippen LogP contribution < -0.4 is 14.8 Å². The number of sulfone groups is 1. The zero-order valence-electron chi connectivity index (χ0n) is 18.5. The summed E-state index contributed by atoms with van der Waals surface area (Å²) in [6, 6.07) is 12.1. The van der Waals surface area contributed by atoms with E-state index in [1.165, 1.54) is 41.9 Å². The molecule has 0 bridgehead atoms. The third-order valence-electron chi connectivity index (χ3n) is 5.52. The van der Waals surface area contributed by atoms with E-state index in [1.54, 1.807) is 18.2 Å². The van der Waals surface area contributed by atoms with Crippen molar-refractivity contribution in [2.45, 2.75) is 11.7 Å². The second-order valence-electron chi connectivity index (χ2n) is 8.14. The van der Waals surface area contributed by atoms with Crippen LogP contribution in [0.5, 0.6) is 17.4 Å². The van der Waals surface area contributed by atoms with Gasteiger partial charge in [0.1, 0.15) is 22.5 Å². The summed E-state index contributed by atoms with van der Waals surface area (Å²) in [6.07, 6.45) is 1.59. The number of pyridine rings is 1. The number of fused-ring (bicyclic) bond motifs is 2. The molecule has 1 N–H and O–H groups in total. The smallest absolute Gasteiger partial charge is 0.265 e. The number of amides is 1. The van der Waals surface area contributed by atoms with E-state index in [2.05, 4.69) is 10.3 Å². The molecule has 0 radical (unpaired) electrons. The number of carbonyl (C=O) groups is 1. The average Bonchev–Trinajstić information content (AvgIpc) is 3.21. The van der Waals surface area contributed by atoms with Crippen LogP contribution in [0, 0.1) is 5.82 Å². The summed E-state index contributed by atoms with van der Waals surface area (Å²) in [5.41, 5.74) is 0.920. The van der Waals surface area contributed by atoms with Gasteiger partial charge in [-0.2, -0.15) is 0 Å². The molecular weight excluding hydrogens is 550 g/mol. The number of thiophene rings is 1. The molecule has 1 aliphatic rings. The van der Waals surface area contributed by atoms with Gasteiger partial charge in [-0.05, 0) is 41.8 Å². The third-order valence-corrected chi connectivity index (χ3v) is 8.64. The van der Waals surface area contributed by atoms with Gasteiger partial charge in [-0.3, -0.25) is 4.79 Å². The number of carbonyl (C=O) groups excluding carboxylic acids is 1. The Hall–Kier alpha value is -2.92. The Morgan fingerprint density at radius 2 is 2.00 bits per heavy atom. The van der Waals surface area contributed by atoms with Crippen LogP contribution in [0.1, 0.15) is 26.9 Å². The molecule has 2 aromatic carbocycles. The van der Waals surface area contributed by atoms with Gasteiger partial charge in [0, 0.05) is 40.8 Å². The van der Waals surface area contributed by atoms with E-state index >= 15 is 0 Å². The van der Waals surface area contributed by atoms with Gasteiger partial charge in [0.05, 0.1) is 21.8 Å². The lowest BCUT2D eigenvalue weighted by atomic mass is 10.0. The maximum Gasteiger partial charge on any atom is 0.265 e. The highest BCUT2D eigenvalue weighted by Gasteiger charge is 2.30. The van der Waals surface area contributed by atoms with Crippen LogP contribution in [0.25, 0.3) is 10.1 Å². The fraction of sp³-hybridized carbons (Fsp3) is 0.167. The van der Waals surface area contributed by atoms with E-state index in [1.807, 2.05) is 0 Å². The molecule has 1 unspecified atom stereocenters. The van der Waals surface area contributed by atoms with E-state index in [0.717, 1.165) is 16.2 Å². The number of anilines is 1. The number of rotatable bonds is 5. The second kappa shape index (κ2) is 9.51. The first-order valence-electron chi connectivity index (χ1n) is 10.6. The highest BCUT2D eigenvalue weighted by Crippen LogP contribution is 2.41. The number of benzene rings is 2. The van der Waals surface area contributed by atoms with Crippen LogP contribution in [0.15, 0.2) is 48.5 Å². The summed E-state index contributed by atoms with van der Waals surface area (Å²) >= 11 is 13.0. The predicted octanol–water partition coefficient (Wildman–Crippen LogP) is 6.66. The van der Waals surface area contributed by atoms with Gasteiger partial charge >= 0.3 is 0 Å².